The molecule has 1 aromatic carbocycles. The first kappa shape index (κ1) is 24.4. The summed E-state index contributed by atoms with van der Waals surface area (Å²) in [6.07, 6.45) is 8.10. The van der Waals surface area contributed by atoms with Crippen molar-refractivity contribution < 1.29 is 9.53 Å². The second kappa shape index (κ2) is 13.5. The van der Waals surface area contributed by atoms with Crippen LogP contribution in [0, 0.1) is 11.8 Å². The smallest absolute Gasteiger partial charge is 0.275 e. The Labute approximate surface area is 192 Å². The second-order valence-corrected chi connectivity index (χ2v) is 7.23. The van der Waals surface area contributed by atoms with Gasteiger partial charge in [-0.25, -0.2) is 9.97 Å². The third-order valence-electron chi connectivity index (χ3n) is 3.91. The maximum Gasteiger partial charge on any atom is 0.275 e. The Bertz CT molecular complexity index is 1070. The van der Waals surface area contributed by atoms with Gasteiger partial charge in [0.05, 0.1) is 18.9 Å². The van der Waals surface area contributed by atoms with Gasteiger partial charge in [-0.1, -0.05) is 61.2 Å². The molecule has 0 aliphatic rings. The maximum absolute atomic E-state index is 12.4. The number of allylic oxidation sites excluding steroid dienone is 3. The van der Waals surface area contributed by atoms with E-state index in [1.165, 1.54) is 24.2 Å². The lowest BCUT2D eigenvalue weighted by Gasteiger charge is -2.07. The molecule has 0 atom stereocenters. The molecule has 2 rings (SSSR count). The topological polar surface area (TPSA) is 102 Å². The number of thioether (sulfide) groups is 1. The molecule has 0 aliphatic carbocycles. The van der Waals surface area contributed by atoms with E-state index < -0.39 is 0 Å². The highest BCUT2D eigenvalue weighted by Gasteiger charge is 2.09. The molecule has 0 fully saturated rings. The molecule has 0 bridgehead atoms. The van der Waals surface area contributed by atoms with Crippen LogP contribution >= 0.6 is 11.8 Å². The summed E-state index contributed by atoms with van der Waals surface area (Å²) in [5, 5.41) is 3.27. The van der Waals surface area contributed by atoms with Crippen LogP contribution in [0.5, 0.6) is 5.88 Å². The first-order valence-electron chi connectivity index (χ1n) is 9.67. The molecule has 32 heavy (non-hydrogen) atoms. The van der Waals surface area contributed by atoms with E-state index in [0.29, 0.717) is 29.0 Å². The zero-order valence-corrected chi connectivity index (χ0v) is 18.7. The molecule has 164 valence electrons. The van der Waals surface area contributed by atoms with Crippen LogP contribution in [0.4, 0.5) is 5.69 Å². The monoisotopic (exact) mass is 447 g/mol. The molecule has 0 radical (unpaired) electrons. The number of aliphatic imine (C=N–C) groups is 1. The average molecular weight is 448 g/mol. The van der Waals surface area contributed by atoms with Crippen LogP contribution in [-0.2, 0) is 6.54 Å². The van der Waals surface area contributed by atoms with Crippen molar-refractivity contribution >= 4 is 28.5 Å². The Hall–Kier alpha value is -3.83. The molecular formula is C24H25N5O2S. The molecule has 0 saturated heterocycles. The van der Waals surface area contributed by atoms with Gasteiger partial charge in [-0.05, 0) is 30.2 Å². The van der Waals surface area contributed by atoms with E-state index in [1.807, 2.05) is 24.3 Å². The van der Waals surface area contributed by atoms with Crippen LogP contribution < -0.4 is 15.8 Å². The Balaban J connectivity index is 1.93. The van der Waals surface area contributed by atoms with E-state index in [1.54, 1.807) is 25.1 Å². The van der Waals surface area contributed by atoms with Crippen LogP contribution in [-0.4, -0.2) is 33.4 Å². The van der Waals surface area contributed by atoms with Crippen LogP contribution in [0.25, 0.3) is 0 Å². The first-order valence-corrected chi connectivity index (χ1v) is 10.7. The highest BCUT2D eigenvalue weighted by atomic mass is 32.2. The zero-order chi connectivity index (χ0) is 23.2. The first-order chi connectivity index (χ1) is 15.5. The molecule has 0 aliphatic heterocycles. The molecule has 1 amide bonds. The van der Waals surface area contributed by atoms with Crippen molar-refractivity contribution in [2.24, 2.45) is 10.7 Å². The fourth-order valence-electron chi connectivity index (χ4n) is 2.33. The second-order valence-electron chi connectivity index (χ2n) is 6.23. The van der Waals surface area contributed by atoms with Gasteiger partial charge in [-0.2, -0.15) is 0 Å². The summed E-state index contributed by atoms with van der Waals surface area (Å²) in [7, 11) is 0. The summed E-state index contributed by atoms with van der Waals surface area (Å²) in [5.41, 5.74) is 8.71. The van der Waals surface area contributed by atoms with Crippen LogP contribution in [0.2, 0.25) is 0 Å². The summed E-state index contributed by atoms with van der Waals surface area (Å²) >= 11 is 1.43. The number of hydrogen-bond acceptors (Lipinski definition) is 6. The molecule has 1 aromatic heterocycles. The fourth-order valence-corrected chi connectivity index (χ4v) is 3.02. The number of rotatable bonds is 10. The minimum absolute atomic E-state index is 0.175. The van der Waals surface area contributed by atoms with Gasteiger partial charge in [-0.15, -0.1) is 5.92 Å². The summed E-state index contributed by atoms with van der Waals surface area (Å²) in [5.74, 6) is 6.07. The van der Waals surface area contributed by atoms with Crippen molar-refractivity contribution in [3.8, 4) is 17.7 Å². The van der Waals surface area contributed by atoms with E-state index in [4.69, 9.17) is 10.5 Å². The lowest BCUT2D eigenvalue weighted by atomic mass is 10.2. The summed E-state index contributed by atoms with van der Waals surface area (Å²) in [6.45, 7) is 9.77. The highest BCUT2D eigenvalue weighted by Crippen LogP contribution is 2.15. The lowest BCUT2D eigenvalue weighted by Crippen LogP contribution is -2.14. The van der Waals surface area contributed by atoms with E-state index in [-0.39, 0.29) is 18.2 Å². The number of carbonyl (C=O) groups is 1. The van der Waals surface area contributed by atoms with Crippen molar-refractivity contribution in [3.63, 3.8) is 0 Å². The number of nitrogens with zero attached hydrogens (tertiary/aromatic N) is 3. The predicted octanol–water partition coefficient (Wildman–Crippen LogP) is 3.98. The molecule has 3 N–H and O–H groups in total. The molecule has 8 heteroatoms. The largest absolute Gasteiger partial charge is 0.463 e. The average Bonchev–Trinajstić information content (AvgIpc) is 2.81. The van der Waals surface area contributed by atoms with Gasteiger partial charge in [0.1, 0.15) is 5.69 Å². The van der Waals surface area contributed by atoms with E-state index in [0.717, 1.165) is 11.1 Å². The van der Waals surface area contributed by atoms with Gasteiger partial charge in [0.15, 0.2) is 11.8 Å². The third kappa shape index (κ3) is 8.50. The van der Waals surface area contributed by atoms with Crippen LogP contribution in [0.15, 0.2) is 78.6 Å². The van der Waals surface area contributed by atoms with Gasteiger partial charge in [0, 0.05) is 11.4 Å². The van der Waals surface area contributed by atoms with Gasteiger partial charge in [0.2, 0.25) is 5.88 Å². The Morgan fingerprint density at radius 2 is 2.19 bits per heavy atom. The number of aromatic nitrogens is 2. The number of benzene rings is 1. The van der Waals surface area contributed by atoms with Crippen LogP contribution in [0.1, 0.15) is 23.0 Å². The fraction of sp³-hybridized carbons (Fsp3) is 0.167. The van der Waals surface area contributed by atoms with E-state index >= 15 is 0 Å². The third-order valence-corrected chi connectivity index (χ3v) is 4.82. The summed E-state index contributed by atoms with van der Waals surface area (Å²) in [6, 6.07) is 7.37. The summed E-state index contributed by atoms with van der Waals surface area (Å²) < 4.78 is 5.29. The van der Waals surface area contributed by atoms with Crippen molar-refractivity contribution in [1.29, 1.82) is 0 Å². The molecular weight excluding hydrogens is 422 g/mol. The minimum Gasteiger partial charge on any atom is -0.463 e. The molecule has 0 saturated carbocycles. The van der Waals surface area contributed by atoms with Crippen molar-refractivity contribution in [3.05, 3.63) is 84.9 Å². The Kier molecular flexibility index (Phi) is 10.3. The molecule has 1 heterocycles. The molecule has 2 aromatic rings. The van der Waals surface area contributed by atoms with E-state index in [2.05, 4.69) is 45.3 Å². The SMILES string of the molecule is C=C/C=C(\C=C)CSC(N)=NCc1cccc(NC(=O)c2cnc(OCC#CC)cn2)c1. The number of amides is 1. The number of hydrogen-bond donors (Lipinski definition) is 2. The van der Waals surface area contributed by atoms with Crippen molar-refractivity contribution in [1.82, 2.24) is 9.97 Å². The quantitative estimate of drug-likeness (QED) is 0.247. The highest BCUT2D eigenvalue weighted by molar-refractivity contribution is 8.13. The standard InChI is InChI=1S/C24H25N5O2S/c1-4-7-12-31-22-16-26-21(15-27-22)23(30)29-20-11-8-10-19(13-20)14-28-24(25)32-17-18(6-3)9-5-2/h5-6,8-11,13,15-16H,2-3,12,14,17H2,1H3,(H2,25,28)(H,29,30)/b18-9+. The normalized spacial score (nSPS) is 11.2. The van der Waals surface area contributed by atoms with E-state index in [9.17, 15) is 4.79 Å². The molecule has 0 unspecified atom stereocenters. The number of nitrogens with two attached hydrogens (primary N) is 1. The number of ether oxygens (including phenoxy) is 1. The van der Waals surface area contributed by atoms with Gasteiger partial charge < -0.3 is 15.8 Å². The maximum atomic E-state index is 12.4. The molecule has 0 spiro atoms. The number of amidine groups is 1. The van der Waals surface area contributed by atoms with Crippen LogP contribution in [0.3, 0.4) is 0 Å². The summed E-state index contributed by atoms with van der Waals surface area (Å²) in [4.78, 5) is 25.0. The van der Waals surface area contributed by atoms with Gasteiger partial charge in [-0.3, -0.25) is 9.79 Å². The lowest BCUT2D eigenvalue weighted by molar-refractivity contribution is 0.102. The number of nitrogens with one attached hydrogen (secondary N) is 1. The van der Waals surface area contributed by atoms with Crippen molar-refractivity contribution in [2.75, 3.05) is 17.7 Å². The Morgan fingerprint density at radius 3 is 2.88 bits per heavy atom. The number of carbonyl (C=O) groups excluding carboxylic acids is 1. The Morgan fingerprint density at radius 1 is 1.34 bits per heavy atom. The zero-order valence-electron chi connectivity index (χ0n) is 17.9. The van der Waals surface area contributed by atoms with Gasteiger partial charge >= 0.3 is 0 Å². The van der Waals surface area contributed by atoms with Crippen molar-refractivity contribution in [2.45, 2.75) is 13.5 Å². The molecule has 7 nitrogen and oxygen atoms in total. The number of anilines is 1. The van der Waals surface area contributed by atoms with Gasteiger partial charge in [0.25, 0.3) is 5.91 Å². The minimum atomic E-state index is -0.376. The predicted molar refractivity (Wildman–Crippen MR) is 132 cm³/mol.